The van der Waals surface area contributed by atoms with Crippen LogP contribution in [0.1, 0.15) is 54.0 Å². The highest BCUT2D eigenvalue weighted by Crippen LogP contribution is 2.27. The van der Waals surface area contributed by atoms with Gasteiger partial charge in [0.15, 0.2) is 0 Å². The average molecular weight is 465 g/mol. The van der Waals surface area contributed by atoms with Crippen LogP contribution in [-0.2, 0) is 0 Å². The number of aliphatic hydroxyl groups is 1. The highest BCUT2D eigenvalue weighted by molar-refractivity contribution is 5.97. The number of nitrogens with zero attached hydrogens (tertiary/aromatic N) is 4. The minimum Gasteiger partial charge on any atom is -0.472 e. The van der Waals surface area contributed by atoms with E-state index in [2.05, 4.69) is 21.8 Å². The van der Waals surface area contributed by atoms with Crippen LogP contribution in [-0.4, -0.2) is 75.6 Å². The lowest BCUT2D eigenvalue weighted by molar-refractivity contribution is 0.0313. The van der Waals surface area contributed by atoms with Crippen molar-refractivity contribution in [2.24, 2.45) is 11.8 Å². The summed E-state index contributed by atoms with van der Waals surface area (Å²) in [5.41, 5.74) is 1.41. The summed E-state index contributed by atoms with van der Waals surface area (Å²) in [6.07, 6.45) is 4.31. The van der Waals surface area contributed by atoms with Crippen molar-refractivity contribution in [1.82, 2.24) is 19.8 Å². The molecule has 3 atom stereocenters. The van der Waals surface area contributed by atoms with E-state index in [1.807, 2.05) is 20.8 Å². The summed E-state index contributed by atoms with van der Waals surface area (Å²) in [5.74, 6) is 5.95. The highest BCUT2D eigenvalue weighted by Gasteiger charge is 2.34. The molecular weight excluding hydrogens is 432 g/mol. The van der Waals surface area contributed by atoms with Gasteiger partial charge in [-0.1, -0.05) is 32.6 Å². The molecule has 0 saturated carbocycles. The van der Waals surface area contributed by atoms with Crippen LogP contribution < -0.4 is 4.74 Å². The maximum atomic E-state index is 13.4. The fourth-order valence-corrected chi connectivity index (χ4v) is 3.68. The van der Waals surface area contributed by atoms with E-state index in [4.69, 9.17) is 4.74 Å². The molecule has 0 spiro atoms. The van der Waals surface area contributed by atoms with Crippen molar-refractivity contribution in [1.29, 1.82) is 0 Å². The molecule has 0 bridgehead atoms. The van der Waals surface area contributed by atoms with Gasteiger partial charge in [0, 0.05) is 49.6 Å². The van der Waals surface area contributed by atoms with Gasteiger partial charge in [0.1, 0.15) is 11.7 Å². The van der Waals surface area contributed by atoms with Gasteiger partial charge in [-0.25, -0.2) is 4.98 Å². The van der Waals surface area contributed by atoms with E-state index in [1.54, 1.807) is 54.4 Å². The smallest absolute Gasteiger partial charge is 0.259 e. The third kappa shape index (κ3) is 5.91. The van der Waals surface area contributed by atoms with Crippen molar-refractivity contribution >= 4 is 11.8 Å². The molecule has 1 aliphatic rings. The predicted octanol–water partition coefficient (Wildman–Crippen LogP) is 2.48. The first kappa shape index (κ1) is 25.2. The number of carbonyl (C=O) groups is 2. The van der Waals surface area contributed by atoms with E-state index in [-0.39, 0.29) is 42.2 Å². The molecule has 2 aromatic heterocycles. The zero-order chi connectivity index (χ0) is 24.8. The lowest BCUT2D eigenvalue weighted by Gasteiger charge is -2.37. The van der Waals surface area contributed by atoms with Gasteiger partial charge in [0.05, 0.1) is 24.8 Å². The molecule has 0 radical (unpaired) electrons. The minimum absolute atomic E-state index is 0.127. The monoisotopic (exact) mass is 464 g/mol. The Morgan fingerprint density at radius 3 is 2.76 bits per heavy atom. The van der Waals surface area contributed by atoms with Gasteiger partial charge in [0.2, 0.25) is 5.88 Å². The van der Waals surface area contributed by atoms with E-state index in [0.29, 0.717) is 29.8 Å². The van der Waals surface area contributed by atoms with Crippen LogP contribution in [0.5, 0.6) is 5.88 Å². The zero-order valence-electron chi connectivity index (χ0n) is 20.4. The van der Waals surface area contributed by atoms with Crippen LogP contribution in [0.25, 0.3) is 0 Å². The first-order valence-electron chi connectivity index (χ1n) is 11.5. The number of hydrogen-bond donors (Lipinski definition) is 1. The highest BCUT2D eigenvalue weighted by atomic mass is 16.5. The number of fused-ring (bicyclic) bond motifs is 1. The Morgan fingerprint density at radius 2 is 2.12 bits per heavy atom. The summed E-state index contributed by atoms with van der Waals surface area (Å²) < 4.78 is 6.24. The number of likely N-dealkylation sites (N-methyl/N-ethyl adjacent to an activating group) is 1. The van der Waals surface area contributed by atoms with Crippen LogP contribution in [0.2, 0.25) is 0 Å². The second kappa shape index (κ2) is 11.1. The van der Waals surface area contributed by atoms with E-state index < -0.39 is 6.10 Å². The lowest BCUT2D eigenvalue weighted by Crippen LogP contribution is -2.50. The number of hydrogen-bond acceptors (Lipinski definition) is 6. The maximum absolute atomic E-state index is 13.4. The molecule has 2 amide bonds. The van der Waals surface area contributed by atoms with Crippen molar-refractivity contribution in [2.75, 3.05) is 26.7 Å². The van der Waals surface area contributed by atoms with Crippen molar-refractivity contribution in [2.45, 2.75) is 39.8 Å². The van der Waals surface area contributed by atoms with E-state index in [0.717, 1.165) is 0 Å². The number of amides is 2. The molecule has 0 aromatic carbocycles. The van der Waals surface area contributed by atoms with Gasteiger partial charge in [-0.05, 0) is 25.1 Å². The van der Waals surface area contributed by atoms with Gasteiger partial charge in [-0.3, -0.25) is 14.6 Å². The Bertz CT molecular complexity index is 1080. The van der Waals surface area contributed by atoms with Gasteiger partial charge in [-0.15, -0.1) is 0 Å². The molecule has 0 aliphatic carbocycles. The van der Waals surface area contributed by atoms with Crippen molar-refractivity contribution in [3.8, 4) is 17.7 Å². The third-order valence-corrected chi connectivity index (χ3v) is 5.74. The van der Waals surface area contributed by atoms with Crippen molar-refractivity contribution < 1.29 is 19.4 Å². The van der Waals surface area contributed by atoms with Crippen molar-refractivity contribution in [3.05, 3.63) is 53.5 Å². The Morgan fingerprint density at radius 1 is 1.35 bits per heavy atom. The van der Waals surface area contributed by atoms with Gasteiger partial charge in [0.25, 0.3) is 11.8 Å². The van der Waals surface area contributed by atoms with E-state index in [9.17, 15) is 14.7 Å². The molecule has 1 N–H and O–H groups in total. The second-order valence-corrected chi connectivity index (χ2v) is 9.05. The topological polar surface area (TPSA) is 95.9 Å². The summed E-state index contributed by atoms with van der Waals surface area (Å²) in [5, 5.41) is 9.79. The largest absolute Gasteiger partial charge is 0.472 e. The Kier molecular flexibility index (Phi) is 8.24. The van der Waals surface area contributed by atoms with Crippen LogP contribution in [0, 0.1) is 23.7 Å². The standard InChI is InChI=1S/C26H32N4O4/c1-17(2)8-9-20-11-22-24(28-12-20)34-23(18(3)14-30(26(22)33)19(4)16-31)15-29(5)25(32)21-7-6-10-27-13-21/h6-7,10-13,17-19,23,31H,14-16H2,1-5H3/t18-,19-,23-/m0/s1. The number of aromatic nitrogens is 2. The first-order chi connectivity index (χ1) is 16.2. The molecule has 180 valence electrons. The molecule has 0 fully saturated rings. The molecule has 0 saturated heterocycles. The fraction of sp³-hybridized carbons (Fsp3) is 0.462. The number of ether oxygens (including phenoxy) is 1. The Hall–Kier alpha value is -3.44. The van der Waals surface area contributed by atoms with Gasteiger partial charge < -0.3 is 19.6 Å². The summed E-state index contributed by atoms with van der Waals surface area (Å²) in [7, 11) is 1.71. The van der Waals surface area contributed by atoms with E-state index >= 15 is 0 Å². The third-order valence-electron chi connectivity index (χ3n) is 5.74. The Balaban J connectivity index is 1.95. The summed E-state index contributed by atoms with van der Waals surface area (Å²) in [4.78, 5) is 38.0. The summed E-state index contributed by atoms with van der Waals surface area (Å²) in [6, 6.07) is 4.74. The van der Waals surface area contributed by atoms with Crippen LogP contribution in [0.15, 0.2) is 36.8 Å². The molecule has 34 heavy (non-hydrogen) atoms. The number of carbonyl (C=O) groups excluding carboxylic acids is 2. The predicted molar refractivity (Wildman–Crippen MR) is 128 cm³/mol. The molecule has 8 nitrogen and oxygen atoms in total. The second-order valence-electron chi connectivity index (χ2n) is 9.05. The minimum atomic E-state index is -0.425. The molecule has 3 rings (SSSR count). The van der Waals surface area contributed by atoms with E-state index in [1.165, 1.54) is 6.20 Å². The van der Waals surface area contributed by atoms with Crippen LogP contribution >= 0.6 is 0 Å². The normalized spacial score (nSPS) is 18.7. The van der Waals surface area contributed by atoms with Gasteiger partial charge in [-0.2, -0.15) is 0 Å². The molecule has 1 aliphatic heterocycles. The zero-order valence-corrected chi connectivity index (χ0v) is 20.4. The first-order valence-corrected chi connectivity index (χ1v) is 11.5. The number of pyridine rings is 2. The Labute approximate surface area is 201 Å². The number of aliphatic hydroxyl groups excluding tert-OH is 1. The van der Waals surface area contributed by atoms with Crippen molar-refractivity contribution in [3.63, 3.8) is 0 Å². The quantitative estimate of drug-likeness (QED) is 0.683. The maximum Gasteiger partial charge on any atom is 0.259 e. The van der Waals surface area contributed by atoms with Gasteiger partial charge >= 0.3 is 0 Å². The molecule has 8 heteroatoms. The number of rotatable bonds is 5. The molecule has 0 unspecified atom stereocenters. The SMILES string of the molecule is CC(C)C#Cc1cnc2c(c1)C(=O)N([C@@H](C)CO)C[C@H](C)[C@H](CN(C)C(=O)c1cccnc1)O2. The fourth-order valence-electron chi connectivity index (χ4n) is 3.68. The van der Waals surface area contributed by atoms with Crippen LogP contribution in [0.3, 0.4) is 0 Å². The average Bonchev–Trinajstić information content (AvgIpc) is 2.84. The molecule has 3 heterocycles. The van der Waals surface area contributed by atoms with Crippen LogP contribution in [0.4, 0.5) is 0 Å². The molecular formula is C26H32N4O4. The molecule has 2 aromatic rings. The lowest BCUT2D eigenvalue weighted by atomic mass is 9.99. The summed E-state index contributed by atoms with van der Waals surface area (Å²) >= 11 is 0. The summed E-state index contributed by atoms with van der Waals surface area (Å²) in [6.45, 7) is 8.23.